The molecule has 23 heteroatoms. The molecule has 83 heavy (non-hydrogen) atoms. The molecule has 3 N–H and O–H groups in total. The molecule has 0 saturated carbocycles. The van der Waals surface area contributed by atoms with Crippen LogP contribution in [0.15, 0.2) is 16.9 Å². The highest BCUT2D eigenvalue weighted by molar-refractivity contribution is 5.97. The molecule has 4 aliphatic rings. The lowest BCUT2D eigenvalue weighted by Crippen LogP contribution is -2.57. The minimum Gasteiger partial charge on any atom is -0.460 e. The van der Waals surface area contributed by atoms with Gasteiger partial charge < -0.3 is 58.6 Å². The number of aromatic nitrogens is 2. The molecule has 0 bridgehead atoms. The van der Waals surface area contributed by atoms with E-state index < -0.39 is 94.5 Å². The Bertz CT molecular complexity index is 3000. The number of nitrogens with zero attached hydrogens (tertiary/aromatic N) is 4. The average Bonchev–Trinajstić information content (AvgIpc) is 1.92. The van der Waals surface area contributed by atoms with Crippen molar-refractivity contribution in [3.05, 3.63) is 61.7 Å². The van der Waals surface area contributed by atoms with E-state index >= 15 is 4.39 Å². The van der Waals surface area contributed by atoms with E-state index in [-0.39, 0.29) is 108 Å². The van der Waals surface area contributed by atoms with E-state index in [1.807, 2.05) is 0 Å². The summed E-state index contributed by atoms with van der Waals surface area (Å²) in [5.41, 5.74) is 0.782. The molecule has 4 amide bonds. The van der Waals surface area contributed by atoms with Crippen molar-refractivity contribution in [1.29, 1.82) is 0 Å². The van der Waals surface area contributed by atoms with Gasteiger partial charge in [-0.25, -0.2) is 23.8 Å². The Hall–Kier alpha value is -6.56. The number of alkyl carbamates (subject to hydrolysis) is 1. The van der Waals surface area contributed by atoms with E-state index in [1.165, 1.54) is 11.0 Å². The molecule has 5 atom stereocenters. The van der Waals surface area contributed by atoms with E-state index in [0.717, 1.165) is 41.6 Å². The van der Waals surface area contributed by atoms with Crippen molar-refractivity contribution in [2.24, 2.45) is 5.92 Å². The normalized spacial score (nSPS) is 18.9. The number of halogens is 1. The van der Waals surface area contributed by atoms with Crippen LogP contribution in [0.4, 0.5) is 9.18 Å². The molecule has 3 aromatic rings. The summed E-state index contributed by atoms with van der Waals surface area (Å²) in [6, 6.07) is -0.865. The number of cyclic esters (lactones) is 1. The maximum Gasteiger partial charge on any atom is 0.407 e. The number of pyridine rings is 2. The number of benzene rings is 1. The number of fused-ring (bicyclic) bond motifs is 5. The third kappa shape index (κ3) is 14.7. The fraction of sp³-hybridized carbons (Fsp3) is 0.650. The maximum atomic E-state index is 15.6. The minimum absolute atomic E-state index is 0.0259. The second-order valence-corrected chi connectivity index (χ2v) is 23.8. The van der Waals surface area contributed by atoms with Gasteiger partial charge in [-0.05, 0) is 122 Å². The number of aryl methyl sites for hydroxylation is 1. The highest BCUT2D eigenvalue weighted by atomic mass is 19.1. The predicted octanol–water partition coefficient (Wildman–Crippen LogP) is 5.72. The van der Waals surface area contributed by atoms with Gasteiger partial charge >= 0.3 is 24.0 Å². The molecule has 22 nitrogen and oxygen atoms in total. The van der Waals surface area contributed by atoms with Gasteiger partial charge in [0, 0.05) is 48.1 Å². The second-order valence-electron chi connectivity index (χ2n) is 23.8. The van der Waals surface area contributed by atoms with Gasteiger partial charge in [0.25, 0.3) is 5.56 Å². The van der Waals surface area contributed by atoms with E-state index in [9.17, 15) is 38.4 Å². The van der Waals surface area contributed by atoms with Crippen LogP contribution >= 0.6 is 0 Å². The lowest BCUT2D eigenvalue weighted by atomic mass is 9.81. The van der Waals surface area contributed by atoms with Crippen molar-refractivity contribution in [1.82, 2.24) is 35.3 Å². The molecule has 1 aliphatic carbocycles. The first-order valence-electron chi connectivity index (χ1n) is 29.1. The molecule has 2 aromatic heterocycles. The molecule has 456 valence electrons. The molecule has 1 saturated heterocycles. The zero-order valence-corrected chi connectivity index (χ0v) is 50.3. The van der Waals surface area contributed by atoms with Gasteiger partial charge in [0.1, 0.15) is 41.8 Å². The van der Waals surface area contributed by atoms with Gasteiger partial charge in [0.05, 0.1) is 75.1 Å². The Morgan fingerprint density at radius 2 is 1.53 bits per heavy atom. The Kier molecular flexibility index (Phi) is 20.8. The molecular formula is C60H84FN7O15. The summed E-state index contributed by atoms with van der Waals surface area (Å²) >= 11 is 0. The second kappa shape index (κ2) is 27.0. The number of hydrogen-bond acceptors (Lipinski definition) is 17. The number of carbonyl (C=O) groups is 7. The predicted molar refractivity (Wildman–Crippen MR) is 302 cm³/mol. The highest BCUT2D eigenvalue weighted by Crippen LogP contribution is 2.48. The van der Waals surface area contributed by atoms with Crippen LogP contribution in [0.5, 0.6) is 0 Å². The van der Waals surface area contributed by atoms with Crippen LogP contribution in [0.3, 0.4) is 0 Å². The van der Waals surface area contributed by atoms with Crippen molar-refractivity contribution in [3.8, 4) is 11.4 Å². The Morgan fingerprint density at radius 1 is 0.867 bits per heavy atom. The number of likely N-dealkylation sites (tertiary alicyclic amines) is 1. The summed E-state index contributed by atoms with van der Waals surface area (Å²) in [5, 5.41) is 8.91. The molecule has 3 aliphatic heterocycles. The van der Waals surface area contributed by atoms with Crippen LogP contribution in [-0.2, 0) is 87.1 Å². The number of nitrogens with one attached hydrogen (secondary N) is 3. The van der Waals surface area contributed by atoms with Crippen molar-refractivity contribution in [3.63, 3.8) is 0 Å². The average molecular weight is 1160 g/mol. The quantitative estimate of drug-likeness (QED) is 0.0407. The number of amides is 4. The van der Waals surface area contributed by atoms with Crippen molar-refractivity contribution >= 4 is 52.6 Å². The standard InChI is InChI=1S/C60H84FN7O15/c1-13-60(39-29-45-51-37(32-68(45)53(72)38(39)33-80-56(60)75)49-43(66(14-2)15-3)19-18-36-35(6)40(61)30-41(64-51)48(36)49)82-55(74)50(34(4)5)65-52(71)44-17-16-22-67(44)54(73)42(31-47(70)81-58(7,8)9)63-46(69)20-23-77-25-27-79-28-26-78-24-21-62-57(76)83-59(10,11)12/h29-30,34,42-44,50H,13-28,31-33H2,1-12H3,(H,62,76)(H,63,69)(H,65,71)/t42-,43-,44-,50-,60-/m0/s1. The molecular weight excluding hydrogens is 1080 g/mol. The van der Waals surface area contributed by atoms with Crippen LogP contribution in [-0.4, -0.2) is 156 Å². The maximum absolute atomic E-state index is 15.6. The third-order valence-electron chi connectivity index (χ3n) is 15.5. The molecule has 7 rings (SSSR count). The highest BCUT2D eigenvalue weighted by Gasteiger charge is 2.52. The van der Waals surface area contributed by atoms with Crippen molar-refractivity contribution in [2.45, 2.75) is 182 Å². The van der Waals surface area contributed by atoms with E-state index in [4.69, 9.17) is 38.1 Å². The van der Waals surface area contributed by atoms with Crippen LogP contribution in [0.2, 0.25) is 0 Å². The topological polar surface area (TPSA) is 262 Å². The summed E-state index contributed by atoms with van der Waals surface area (Å²) in [6.45, 7) is 24.0. The van der Waals surface area contributed by atoms with Crippen LogP contribution in [0.1, 0.15) is 154 Å². The Labute approximate surface area is 484 Å². The third-order valence-corrected chi connectivity index (χ3v) is 15.5. The van der Waals surface area contributed by atoms with E-state index in [2.05, 4.69) is 34.7 Å². The Morgan fingerprint density at radius 3 is 2.17 bits per heavy atom. The lowest BCUT2D eigenvalue weighted by Gasteiger charge is -2.37. The molecule has 0 unspecified atom stereocenters. The molecule has 0 radical (unpaired) electrons. The number of rotatable bonds is 25. The van der Waals surface area contributed by atoms with Gasteiger partial charge in [-0.3, -0.25) is 28.9 Å². The first-order chi connectivity index (χ1) is 39.2. The SMILES string of the molecule is CCN(CC)[C@H]1CCc2c(C)c(F)cc3nc4c(c1c23)Cn1c-4cc2c(c1=O)COC(=O)[C@@]2(CC)OC(=O)[C@@H](NC(=O)[C@@H]1CCCN1C(=O)[C@H](CC(=O)OC(C)(C)C)NC(=O)CCOCCOCCOCCNC(=O)OC(C)(C)C)C(C)C. The summed E-state index contributed by atoms with van der Waals surface area (Å²) in [6.07, 6.45) is 0.568. The smallest absolute Gasteiger partial charge is 0.407 e. The lowest BCUT2D eigenvalue weighted by molar-refractivity contribution is -0.191. The molecule has 1 fully saturated rings. The first-order valence-corrected chi connectivity index (χ1v) is 29.1. The number of esters is 3. The van der Waals surface area contributed by atoms with E-state index in [0.29, 0.717) is 35.3 Å². The van der Waals surface area contributed by atoms with E-state index in [1.54, 1.807) is 79.9 Å². The number of ether oxygens (including phenoxy) is 7. The summed E-state index contributed by atoms with van der Waals surface area (Å²) < 4.78 is 56.4. The van der Waals surface area contributed by atoms with Crippen LogP contribution in [0, 0.1) is 18.7 Å². The minimum atomic E-state index is -2.13. The first kappa shape index (κ1) is 64.0. The van der Waals surface area contributed by atoms with Crippen LogP contribution < -0.4 is 21.5 Å². The van der Waals surface area contributed by atoms with Gasteiger partial charge in [0.2, 0.25) is 23.3 Å². The Balaban J connectivity index is 1.03. The summed E-state index contributed by atoms with van der Waals surface area (Å²) in [7, 11) is 0. The van der Waals surface area contributed by atoms with Gasteiger partial charge in [0.15, 0.2) is 0 Å². The van der Waals surface area contributed by atoms with Gasteiger partial charge in [-0.2, -0.15) is 0 Å². The van der Waals surface area contributed by atoms with Crippen molar-refractivity contribution in [2.75, 3.05) is 65.8 Å². The molecule has 0 spiro atoms. The number of hydrogen-bond donors (Lipinski definition) is 3. The molecule has 5 heterocycles. The van der Waals surface area contributed by atoms with Gasteiger partial charge in [-0.15, -0.1) is 0 Å². The van der Waals surface area contributed by atoms with Crippen molar-refractivity contribution < 1.29 is 71.1 Å². The van der Waals surface area contributed by atoms with Gasteiger partial charge in [-0.1, -0.05) is 34.6 Å². The summed E-state index contributed by atoms with van der Waals surface area (Å²) in [4.78, 5) is 119. The zero-order valence-electron chi connectivity index (χ0n) is 50.3. The summed E-state index contributed by atoms with van der Waals surface area (Å²) in [5.74, 6) is -5.70. The van der Waals surface area contributed by atoms with Crippen LogP contribution in [0.25, 0.3) is 22.3 Å². The zero-order chi connectivity index (χ0) is 60.7. The fourth-order valence-corrected chi connectivity index (χ4v) is 11.5. The largest absolute Gasteiger partial charge is 0.460 e. The number of carbonyl (C=O) groups excluding carboxylic acids is 7. The monoisotopic (exact) mass is 1160 g/mol. The molecule has 1 aromatic carbocycles. The fourth-order valence-electron chi connectivity index (χ4n) is 11.5.